The lowest BCUT2D eigenvalue weighted by Crippen LogP contribution is -2.45. The molecule has 0 radical (unpaired) electrons. The normalized spacial score (nSPS) is 22.6. The molecule has 0 bridgehead atoms. The van der Waals surface area contributed by atoms with E-state index in [2.05, 4.69) is 52.4 Å². The van der Waals surface area contributed by atoms with Gasteiger partial charge in [-0.2, -0.15) is 9.61 Å². The molecule has 0 amide bonds. The SMILES string of the molecule is CCc1cc(NCCCN2C[C@@H](C)O[C@@H](C)C2)c2nncn2n1. The van der Waals surface area contributed by atoms with E-state index >= 15 is 0 Å². The first-order valence-corrected chi connectivity index (χ1v) is 8.47. The summed E-state index contributed by atoms with van der Waals surface area (Å²) in [7, 11) is 0. The van der Waals surface area contributed by atoms with Crippen LogP contribution in [0.4, 0.5) is 5.69 Å². The quantitative estimate of drug-likeness (QED) is 0.816. The maximum Gasteiger partial charge on any atom is 0.200 e. The van der Waals surface area contributed by atoms with Crippen molar-refractivity contribution in [3.63, 3.8) is 0 Å². The van der Waals surface area contributed by atoms with E-state index in [-0.39, 0.29) is 0 Å². The van der Waals surface area contributed by atoms with Crippen molar-refractivity contribution < 1.29 is 4.74 Å². The van der Waals surface area contributed by atoms with Crippen LogP contribution in [0.15, 0.2) is 12.4 Å². The smallest absolute Gasteiger partial charge is 0.200 e. The second kappa shape index (κ2) is 7.23. The minimum absolute atomic E-state index is 0.328. The molecule has 3 rings (SSSR count). The van der Waals surface area contributed by atoms with E-state index in [0.717, 1.165) is 56.0 Å². The summed E-state index contributed by atoms with van der Waals surface area (Å²) >= 11 is 0. The molecule has 2 atom stereocenters. The number of hydrogen-bond donors (Lipinski definition) is 1. The summed E-state index contributed by atoms with van der Waals surface area (Å²) in [5.74, 6) is 0. The maximum atomic E-state index is 5.77. The average molecular weight is 318 g/mol. The molecule has 1 fully saturated rings. The van der Waals surface area contributed by atoms with Gasteiger partial charge >= 0.3 is 0 Å². The fourth-order valence-electron chi connectivity index (χ4n) is 3.17. The van der Waals surface area contributed by atoms with Gasteiger partial charge in [0.2, 0.25) is 5.65 Å². The summed E-state index contributed by atoms with van der Waals surface area (Å²) in [6.45, 7) is 10.4. The molecule has 2 aromatic heterocycles. The van der Waals surface area contributed by atoms with Crippen LogP contribution in [0, 0.1) is 0 Å². The number of nitrogens with zero attached hydrogens (tertiary/aromatic N) is 5. The van der Waals surface area contributed by atoms with Crippen molar-refractivity contribution in [2.24, 2.45) is 0 Å². The lowest BCUT2D eigenvalue weighted by molar-refractivity contribution is -0.0678. The first kappa shape index (κ1) is 16.1. The molecule has 0 aromatic carbocycles. The number of morpholine rings is 1. The highest BCUT2D eigenvalue weighted by Crippen LogP contribution is 2.16. The van der Waals surface area contributed by atoms with Gasteiger partial charge in [-0.3, -0.25) is 4.90 Å². The highest BCUT2D eigenvalue weighted by atomic mass is 16.5. The molecule has 7 nitrogen and oxygen atoms in total. The van der Waals surface area contributed by atoms with E-state index in [1.165, 1.54) is 0 Å². The standard InChI is InChI=1S/C16H26N6O/c1-4-14-8-15(16-19-18-11-22(16)20-14)17-6-5-7-21-9-12(2)23-13(3)10-21/h8,11-13,17H,4-7,9-10H2,1-3H3/t12-,13+. The summed E-state index contributed by atoms with van der Waals surface area (Å²) < 4.78 is 7.52. The summed E-state index contributed by atoms with van der Waals surface area (Å²) in [5, 5.41) is 16.0. The van der Waals surface area contributed by atoms with Crippen LogP contribution in [0.25, 0.3) is 5.65 Å². The van der Waals surface area contributed by atoms with Crippen molar-refractivity contribution in [1.82, 2.24) is 24.7 Å². The van der Waals surface area contributed by atoms with Crippen LogP contribution in [-0.2, 0) is 11.2 Å². The van der Waals surface area contributed by atoms with Crippen LogP contribution in [0.3, 0.4) is 0 Å². The molecule has 1 aliphatic rings. The van der Waals surface area contributed by atoms with Gasteiger partial charge in [0.1, 0.15) is 6.33 Å². The Hall–Kier alpha value is -1.73. The largest absolute Gasteiger partial charge is 0.382 e. The Morgan fingerprint density at radius 2 is 2.09 bits per heavy atom. The number of nitrogens with one attached hydrogen (secondary N) is 1. The summed E-state index contributed by atoms with van der Waals surface area (Å²) in [5.41, 5.74) is 2.84. The van der Waals surface area contributed by atoms with Gasteiger partial charge in [0, 0.05) is 26.2 Å². The third-order valence-electron chi connectivity index (χ3n) is 4.14. The summed E-state index contributed by atoms with van der Waals surface area (Å²) in [4.78, 5) is 2.48. The molecule has 1 saturated heterocycles. The fourth-order valence-corrected chi connectivity index (χ4v) is 3.17. The number of aromatic nitrogens is 4. The predicted octanol–water partition coefficient (Wildman–Crippen LogP) is 1.60. The molecule has 2 aromatic rings. The molecule has 23 heavy (non-hydrogen) atoms. The Labute approximate surface area is 137 Å². The number of rotatable bonds is 6. The molecule has 0 saturated carbocycles. The van der Waals surface area contributed by atoms with Crippen molar-refractivity contribution in [3.8, 4) is 0 Å². The van der Waals surface area contributed by atoms with Crippen molar-refractivity contribution >= 4 is 11.3 Å². The van der Waals surface area contributed by atoms with Crippen LogP contribution in [0.1, 0.15) is 32.9 Å². The Morgan fingerprint density at radius 1 is 1.30 bits per heavy atom. The van der Waals surface area contributed by atoms with Crippen molar-refractivity contribution in [1.29, 1.82) is 0 Å². The zero-order chi connectivity index (χ0) is 16.2. The molecular weight excluding hydrogens is 292 g/mol. The van der Waals surface area contributed by atoms with E-state index in [0.29, 0.717) is 12.2 Å². The summed E-state index contributed by atoms with van der Waals surface area (Å²) in [6, 6.07) is 2.07. The van der Waals surface area contributed by atoms with E-state index in [1.54, 1.807) is 10.8 Å². The minimum atomic E-state index is 0.328. The lowest BCUT2D eigenvalue weighted by atomic mass is 10.2. The minimum Gasteiger partial charge on any atom is -0.382 e. The zero-order valence-electron chi connectivity index (χ0n) is 14.2. The zero-order valence-corrected chi connectivity index (χ0v) is 14.2. The Morgan fingerprint density at radius 3 is 2.83 bits per heavy atom. The summed E-state index contributed by atoms with van der Waals surface area (Å²) in [6.07, 6.45) is 4.29. The van der Waals surface area contributed by atoms with Gasteiger partial charge < -0.3 is 10.1 Å². The molecule has 1 N–H and O–H groups in total. The van der Waals surface area contributed by atoms with Crippen molar-refractivity contribution in [3.05, 3.63) is 18.1 Å². The number of fused-ring (bicyclic) bond motifs is 1. The highest BCUT2D eigenvalue weighted by molar-refractivity contribution is 5.66. The lowest BCUT2D eigenvalue weighted by Gasteiger charge is -2.35. The monoisotopic (exact) mass is 318 g/mol. The number of anilines is 1. The third kappa shape index (κ3) is 3.97. The van der Waals surface area contributed by atoms with E-state index in [4.69, 9.17) is 4.74 Å². The van der Waals surface area contributed by atoms with Crippen LogP contribution in [-0.4, -0.2) is 63.1 Å². The molecule has 3 heterocycles. The number of hydrogen-bond acceptors (Lipinski definition) is 6. The van der Waals surface area contributed by atoms with E-state index < -0.39 is 0 Å². The fraction of sp³-hybridized carbons (Fsp3) is 0.688. The molecule has 1 aliphatic heterocycles. The van der Waals surface area contributed by atoms with Gasteiger partial charge in [0.25, 0.3) is 0 Å². The molecule has 0 unspecified atom stereocenters. The van der Waals surface area contributed by atoms with Crippen LogP contribution in [0.5, 0.6) is 0 Å². The van der Waals surface area contributed by atoms with Gasteiger partial charge in [0.15, 0.2) is 0 Å². The van der Waals surface area contributed by atoms with E-state index in [9.17, 15) is 0 Å². The predicted molar refractivity (Wildman–Crippen MR) is 89.7 cm³/mol. The van der Waals surface area contributed by atoms with Gasteiger partial charge in [0.05, 0.1) is 23.6 Å². The van der Waals surface area contributed by atoms with Gasteiger partial charge in [-0.1, -0.05) is 6.92 Å². The first-order valence-electron chi connectivity index (χ1n) is 8.47. The second-order valence-electron chi connectivity index (χ2n) is 6.30. The number of ether oxygens (including phenoxy) is 1. The Kier molecular flexibility index (Phi) is 5.07. The van der Waals surface area contributed by atoms with E-state index in [1.807, 2.05) is 0 Å². The molecule has 0 spiro atoms. The molecule has 126 valence electrons. The van der Waals surface area contributed by atoms with Gasteiger partial charge in [-0.05, 0) is 32.8 Å². The third-order valence-corrected chi connectivity index (χ3v) is 4.14. The van der Waals surface area contributed by atoms with Crippen LogP contribution < -0.4 is 5.32 Å². The number of aryl methyl sites for hydroxylation is 1. The Bertz CT molecular complexity index is 633. The average Bonchev–Trinajstić information content (AvgIpc) is 2.98. The molecule has 7 heteroatoms. The topological polar surface area (TPSA) is 67.6 Å². The van der Waals surface area contributed by atoms with Crippen molar-refractivity contribution in [2.45, 2.75) is 45.8 Å². The van der Waals surface area contributed by atoms with Crippen LogP contribution >= 0.6 is 0 Å². The maximum absolute atomic E-state index is 5.77. The Balaban J connectivity index is 1.53. The van der Waals surface area contributed by atoms with Gasteiger partial charge in [-0.15, -0.1) is 10.2 Å². The van der Waals surface area contributed by atoms with Crippen molar-refractivity contribution in [2.75, 3.05) is 31.5 Å². The van der Waals surface area contributed by atoms with Crippen LogP contribution in [0.2, 0.25) is 0 Å². The van der Waals surface area contributed by atoms with Gasteiger partial charge in [-0.25, -0.2) is 0 Å². The molecular formula is C16H26N6O. The highest BCUT2D eigenvalue weighted by Gasteiger charge is 2.21. The first-order chi connectivity index (χ1) is 11.2. The second-order valence-corrected chi connectivity index (χ2v) is 6.30. The molecule has 0 aliphatic carbocycles.